The van der Waals surface area contributed by atoms with Gasteiger partial charge in [0, 0.05) is 24.1 Å². The second kappa shape index (κ2) is 6.95. The fourth-order valence-electron chi connectivity index (χ4n) is 2.05. The number of nitriles is 1. The highest BCUT2D eigenvalue weighted by molar-refractivity contribution is 7.99. The lowest BCUT2D eigenvalue weighted by molar-refractivity contribution is -0.147. The topological polar surface area (TPSA) is 81.4 Å². The zero-order chi connectivity index (χ0) is 15.2. The predicted octanol–water partition coefficient (Wildman–Crippen LogP) is 1.60. The van der Waals surface area contributed by atoms with Gasteiger partial charge >= 0.3 is 5.97 Å². The van der Waals surface area contributed by atoms with Crippen LogP contribution in [-0.2, 0) is 9.59 Å². The van der Waals surface area contributed by atoms with Crippen LogP contribution in [0.25, 0.3) is 6.08 Å². The first-order valence-corrected chi connectivity index (χ1v) is 7.56. The number of rotatable bonds is 3. The maximum absolute atomic E-state index is 12.1. The average molecular weight is 302 g/mol. The number of thioether (sulfide) groups is 1. The van der Waals surface area contributed by atoms with Crippen molar-refractivity contribution in [3.63, 3.8) is 0 Å². The fourth-order valence-corrected chi connectivity index (χ4v) is 3.09. The Balaban J connectivity index is 2.10. The molecule has 108 valence electrons. The lowest BCUT2D eigenvalue weighted by Gasteiger charge is -2.31. The van der Waals surface area contributed by atoms with E-state index in [1.54, 1.807) is 30.3 Å². The van der Waals surface area contributed by atoms with Crippen molar-refractivity contribution in [3.05, 3.63) is 41.5 Å². The molecular formula is C15H14N2O3S. The first kappa shape index (κ1) is 15.1. The maximum atomic E-state index is 12.1. The van der Waals surface area contributed by atoms with Crippen molar-refractivity contribution in [1.29, 1.82) is 5.26 Å². The summed E-state index contributed by atoms with van der Waals surface area (Å²) in [7, 11) is 0. The average Bonchev–Trinajstić information content (AvgIpc) is 2.52. The Labute approximate surface area is 126 Å². The zero-order valence-corrected chi connectivity index (χ0v) is 12.0. The normalized spacial score (nSPS) is 18.4. The van der Waals surface area contributed by atoms with Crippen LogP contribution in [0, 0.1) is 11.3 Å². The molecule has 6 heteroatoms. The largest absolute Gasteiger partial charge is 0.480 e. The van der Waals surface area contributed by atoms with Gasteiger partial charge in [0.2, 0.25) is 5.91 Å². The molecule has 5 nitrogen and oxygen atoms in total. The van der Waals surface area contributed by atoms with E-state index in [-0.39, 0.29) is 5.91 Å². The summed E-state index contributed by atoms with van der Waals surface area (Å²) in [6.45, 7) is 0.434. The van der Waals surface area contributed by atoms with Crippen LogP contribution in [0.15, 0.2) is 30.3 Å². The van der Waals surface area contributed by atoms with Gasteiger partial charge in [-0.15, -0.1) is 0 Å². The molecular weight excluding hydrogens is 288 g/mol. The Hall–Kier alpha value is -2.26. The van der Waals surface area contributed by atoms with Crippen molar-refractivity contribution in [2.75, 3.05) is 18.1 Å². The standard InChI is InChI=1S/C15H14N2O3S/c16-9-12-3-1-2-11(8-12)4-5-14(18)17-6-7-21-10-13(17)15(19)20/h1-5,8,13H,6-7,10H2,(H,19,20)/b5-4+. The molecule has 2 rings (SSSR count). The van der Waals surface area contributed by atoms with Gasteiger partial charge in [-0.2, -0.15) is 17.0 Å². The summed E-state index contributed by atoms with van der Waals surface area (Å²) in [6, 6.07) is 8.13. The SMILES string of the molecule is N#Cc1cccc(/C=C/C(=O)N2CCSCC2C(=O)O)c1. The lowest BCUT2D eigenvalue weighted by Crippen LogP contribution is -2.49. The summed E-state index contributed by atoms with van der Waals surface area (Å²) in [5.41, 5.74) is 1.25. The number of hydrogen-bond donors (Lipinski definition) is 1. The molecule has 0 aromatic heterocycles. The van der Waals surface area contributed by atoms with E-state index in [9.17, 15) is 9.59 Å². The van der Waals surface area contributed by atoms with Gasteiger partial charge in [-0.05, 0) is 23.8 Å². The molecule has 21 heavy (non-hydrogen) atoms. The summed E-state index contributed by atoms with van der Waals surface area (Å²) in [5.74, 6) is -0.132. The number of nitrogens with zero attached hydrogens (tertiary/aromatic N) is 2. The van der Waals surface area contributed by atoms with E-state index in [2.05, 4.69) is 0 Å². The summed E-state index contributed by atoms with van der Waals surface area (Å²) in [4.78, 5) is 24.7. The van der Waals surface area contributed by atoms with E-state index in [0.29, 0.717) is 17.9 Å². The van der Waals surface area contributed by atoms with E-state index < -0.39 is 12.0 Å². The number of amides is 1. The first-order chi connectivity index (χ1) is 10.1. The van der Waals surface area contributed by atoms with Crippen LogP contribution in [0.3, 0.4) is 0 Å². The number of hydrogen-bond acceptors (Lipinski definition) is 4. The number of aliphatic carboxylic acids is 1. The van der Waals surface area contributed by atoms with Gasteiger partial charge in [0.1, 0.15) is 6.04 Å². The summed E-state index contributed by atoms with van der Waals surface area (Å²) >= 11 is 1.54. The molecule has 1 atom stereocenters. The Kier molecular flexibility index (Phi) is 5.01. The number of carboxylic acids is 1. The van der Waals surface area contributed by atoms with Gasteiger partial charge in [0.05, 0.1) is 11.6 Å². The van der Waals surface area contributed by atoms with Crippen LogP contribution < -0.4 is 0 Å². The molecule has 0 saturated carbocycles. The third kappa shape index (κ3) is 3.86. The monoisotopic (exact) mass is 302 g/mol. The van der Waals surface area contributed by atoms with Gasteiger partial charge in [-0.25, -0.2) is 4.79 Å². The highest BCUT2D eigenvalue weighted by Crippen LogP contribution is 2.17. The molecule has 1 unspecified atom stereocenters. The van der Waals surface area contributed by atoms with Gasteiger partial charge in [-0.1, -0.05) is 12.1 Å². The minimum absolute atomic E-state index is 0.315. The van der Waals surface area contributed by atoms with Gasteiger partial charge in [0.25, 0.3) is 0 Å². The van der Waals surface area contributed by atoms with Crippen molar-refractivity contribution in [2.45, 2.75) is 6.04 Å². The second-order valence-corrected chi connectivity index (χ2v) is 5.68. The van der Waals surface area contributed by atoms with Crippen LogP contribution in [0.2, 0.25) is 0 Å². The number of carboxylic acid groups (broad SMARTS) is 1. The van der Waals surface area contributed by atoms with E-state index in [4.69, 9.17) is 10.4 Å². The molecule has 0 radical (unpaired) electrons. The van der Waals surface area contributed by atoms with Crippen molar-refractivity contribution >= 4 is 29.7 Å². The Morgan fingerprint density at radius 2 is 2.29 bits per heavy atom. The minimum Gasteiger partial charge on any atom is -0.480 e. The Morgan fingerprint density at radius 1 is 1.48 bits per heavy atom. The van der Waals surface area contributed by atoms with Crippen LogP contribution in [0.1, 0.15) is 11.1 Å². The molecule has 0 aliphatic carbocycles. The molecule has 1 aliphatic heterocycles. The molecule has 1 N–H and O–H groups in total. The quantitative estimate of drug-likeness (QED) is 0.858. The van der Waals surface area contributed by atoms with E-state index >= 15 is 0 Å². The molecule has 1 saturated heterocycles. The predicted molar refractivity (Wildman–Crippen MR) is 80.7 cm³/mol. The molecule has 1 amide bonds. The van der Waals surface area contributed by atoms with Crippen LogP contribution >= 0.6 is 11.8 Å². The first-order valence-electron chi connectivity index (χ1n) is 6.41. The Morgan fingerprint density at radius 3 is 3.00 bits per heavy atom. The highest BCUT2D eigenvalue weighted by Gasteiger charge is 2.31. The molecule has 1 heterocycles. The Bertz CT molecular complexity index is 622. The molecule has 0 spiro atoms. The lowest BCUT2D eigenvalue weighted by atomic mass is 10.1. The summed E-state index contributed by atoms with van der Waals surface area (Å²) < 4.78 is 0. The third-order valence-electron chi connectivity index (χ3n) is 3.13. The van der Waals surface area contributed by atoms with Crippen molar-refractivity contribution in [3.8, 4) is 6.07 Å². The molecule has 1 fully saturated rings. The third-order valence-corrected chi connectivity index (χ3v) is 4.15. The van der Waals surface area contributed by atoms with Crippen molar-refractivity contribution in [1.82, 2.24) is 4.90 Å². The van der Waals surface area contributed by atoms with Gasteiger partial charge in [0.15, 0.2) is 0 Å². The molecule has 1 aromatic carbocycles. The van der Waals surface area contributed by atoms with Gasteiger partial charge in [-0.3, -0.25) is 4.79 Å². The molecule has 1 aliphatic rings. The van der Waals surface area contributed by atoms with Crippen LogP contribution in [-0.4, -0.2) is 46.0 Å². The minimum atomic E-state index is -0.976. The van der Waals surface area contributed by atoms with Crippen molar-refractivity contribution < 1.29 is 14.7 Å². The smallest absolute Gasteiger partial charge is 0.327 e. The number of benzene rings is 1. The number of carbonyl (C=O) groups is 2. The van der Waals surface area contributed by atoms with Crippen LogP contribution in [0.4, 0.5) is 0 Å². The summed E-state index contributed by atoms with van der Waals surface area (Å²) in [6.07, 6.45) is 2.96. The second-order valence-electron chi connectivity index (χ2n) is 4.53. The maximum Gasteiger partial charge on any atom is 0.327 e. The van der Waals surface area contributed by atoms with E-state index in [1.807, 2.05) is 6.07 Å². The molecule has 0 bridgehead atoms. The highest BCUT2D eigenvalue weighted by atomic mass is 32.2. The number of carbonyl (C=O) groups excluding carboxylic acids is 1. The van der Waals surface area contributed by atoms with Gasteiger partial charge < -0.3 is 10.0 Å². The summed E-state index contributed by atoms with van der Waals surface area (Å²) in [5, 5.41) is 18.0. The van der Waals surface area contributed by atoms with E-state index in [1.165, 1.54) is 22.7 Å². The van der Waals surface area contributed by atoms with Crippen LogP contribution in [0.5, 0.6) is 0 Å². The fraction of sp³-hybridized carbons (Fsp3) is 0.267. The van der Waals surface area contributed by atoms with Crippen molar-refractivity contribution in [2.24, 2.45) is 0 Å². The zero-order valence-electron chi connectivity index (χ0n) is 11.2. The molecule has 1 aromatic rings. The van der Waals surface area contributed by atoms with E-state index in [0.717, 1.165) is 11.3 Å².